The molecule has 1 amide bonds. The van der Waals surface area contributed by atoms with Gasteiger partial charge < -0.3 is 15.0 Å². The minimum absolute atomic E-state index is 0.146. The van der Waals surface area contributed by atoms with E-state index in [-0.39, 0.29) is 5.56 Å². The maximum Gasteiger partial charge on any atom is 0.338 e. The number of benzene rings is 2. The van der Waals surface area contributed by atoms with Crippen molar-refractivity contribution in [1.82, 2.24) is 5.32 Å². The van der Waals surface area contributed by atoms with Crippen molar-refractivity contribution in [3.63, 3.8) is 0 Å². The first-order valence-corrected chi connectivity index (χ1v) is 9.12. The monoisotopic (exact) mass is 390 g/mol. The number of nitrogens with one attached hydrogen (secondary N) is 1. The van der Waals surface area contributed by atoms with Crippen LogP contribution in [-0.4, -0.2) is 31.6 Å². The van der Waals surface area contributed by atoms with E-state index in [9.17, 15) is 18.4 Å². The number of rotatable bonds is 8. The van der Waals surface area contributed by atoms with Gasteiger partial charge in [0.05, 0.1) is 11.6 Å². The SMILES string of the molecule is CCN(CC)c1ccc(C(=O)OCC(=O)NC(C)c2ccc(F)cc2F)cc1. The van der Waals surface area contributed by atoms with Gasteiger partial charge in [0.1, 0.15) is 11.6 Å². The normalized spacial score (nSPS) is 11.6. The highest BCUT2D eigenvalue weighted by Gasteiger charge is 2.16. The van der Waals surface area contributed by atoms with Gasteiger partial charge in [-0.05, 0) is 51.1 Å². The molecule has 1 N–H and O–H groups in total. The van der Waals surface area contributed by atoms with E-state index in [0.29, 0.717) is 5.56 Å². The first-order chi connectivity index (χ1) is 13.3. The van der Waals surface area contributed by atoms with Gasteiger partial charge in [0.15, 0.2) is 6.61 Å². The molecular weight excluding hydrogens is 366 g/mol. The molecule has 7 heteroatoms. The summed E-state index contributed by atoms with van der Waals surface area (Å²) in [7, 11) is 0. The van der Waals surface area contributed by atoms with E-state index >= 15 is 0 Å². The summed E-state index contributed by atoms with van der Waals surface area (Å²) >= 11 is 0. The maximum absolute atomic E-state index is 13.7. The topological polar surface area (TPSA) is 58.6 Å². The highest BCUT2D eigenvalue weighted by molar-refractivity contribution is 5.91. The van der Waals surface area contributed by atoms with Crippen molar-refractivity contribution in [3.05, 3.63) is 65.2 Å². The fourth-order valence-electron chi connectivity index (χ4n) is 2.83. The van der Waals surface area contributed by atoms with E-state index in [0.717, 1.165) is 30.9 Å². The number of nitrogens with zero attached hydrogens (tertiary/aromatic N) is 1. The molecule has 2 aromatic rings. The largest absolute Gasteiger partial charge is 0.452 e. The molecule has 0 bridgehead atoms. The fourth-order valence-corrected chi connectivity index (χ4v) is 2.83. The Kier molecular flexibility index (Phi) is 7.49. The van der Waals surface area contributed by atoms with E-state index in [4.69, 9.17) is 4.74 Å². The summed E-state index contributed by atoms with van der Waals surface area (Å²) in [6.07, 6.45) is 0. The number of halogens is 2. The van der Waals surface area contributed by atoms with Gasteiger partial charge in [0.2, 0.25) is 0 Å². The lowest BCUT2D eigenvalue weighted by atomic mass is 10.1. The zero-order valence-corrected chi connectivity index (χ0v) is 16.2. The molecule has 2 aromatic carbocycles. The number of hydrogen-bond acceptors (Lipinski definition) is 4. The van der Waals surface area contributed by atoms with E-state index < -0.39 is 36.2 Å². The second-order valence-corrected chi connectivity index (χ2v) is 6.25. The van der Waals surface area contributed by atoms with Crippen LogP contribution in [0.5, 0.6) is 0 Å². The number of hydrogen-bond donors (Lipinski definition) is 1. The summed E-state index contributed by atoms with van der Waals surface area (Å²) in [6, 6.07) is 9.36. The van der Waals surface area contributed by atoms with Crippen molar-refractivity contribution >= 4 is 17.6 Å². The summed E-state index contributed by atoms with van der Waals surface area (Å²) < 4.78 is 31.7. The van der Waals surface area contributed by atoms with Gasteiger partial charge in [-0.1, -0.05) is 6.07 Å². The van der Waals surface area contributed by atoms with E-state index in [2.05, 4.69) is 10.2 Å². The third kappa shape index (κ3) is 5.52. The summed E-state index contributed by atoms with van der Waals surface area (Å²) in [5.41, 5.74) is 1.48. The van der Waals surface area contributed by atoms with Gasteiger partial charge in [-0.3, -0.25) is 4.79 Å². The van der Waals surface area contributed by atoms with Crippen molar-refractivity contribution < 1.29 is 23.1 Å². The summed E-state index contributed by atoms with van der Waals surface area (Å²) in [5.74, 6) is -2.65. The zero-order chi connectivity index (χ0) is 20.7. The number of amides is 1. The summed E-state index contributed by atoms with van der Waals surface area (Å²) in [4.78, 5) is 26.2. The van der Waals surface area contributed by atoms with Crippen LogP contribution in [0.2, 0.25) is 0 Å². The average molecular weight is 390 g/mol. The lowest BCUT2D eigenvalue weighted by molar-refractivity contribution is -0.124. The Morgan fingerprint density at radius 2 is 1.71 bits per heavy atom. The molecule has 1 atom stereocenters. The van der Waals surface area contributed by atoms with E-state index in [1.165, 1.54) is 6.07 Å². The molecule has 0 saturated carbocycles. The molecule has 2 rings (SSSR count). The van der Waals surface area contributed by atoms with Gasteiger partial charge >= 0.3 is 5.97 Å². The standard InChI is InChI=1S/C21H24F2N2O3/c1-4-25(5-2)17-9-6-15(7-10-17)21(27)28-13-20(26)24-14(3)18-11-8-16(22)12-19(18)23/h6-12,14H,4-5,13H2,1-3H3,(H,24,26). The molecule has 28 heavy (non-hydrogen) atoms. The van der Waals surface area contributed by atoms with Crippen LogP contribution in [-0.2, 0) is 9.53 Å². The van der Waals surface area contributed by atoms with Crippen LogP contribution < -0.4 is 10.2 Å². The van der Waals surface area contributed by atoms with Crippen LogP contribution >= 0.6 is 0 Å². The van der Waals surface area contributed by atoms with E-state index in [1.807, 2.05) is 26.0 Å². The van der Waals surface area contributed by atoms with Crippen LogP contribution in [0, 0.1) is 11.6 Å². The predicted octanol–water partition coefficient (Wildman–Crippen LogP) is 3.85. The molecule has 0 saturated heterocycles. The van der Waals surface area contributed by atoms with Gasteiger partial charge in [0.25, 0.3) is 5.91 Å². The van der Waals surface area contributed by atoms with Crippen molar-refractivity contribution in [1.29, 1.82) is 0 Å². The van der Waals surface area contributed by atoms with E-state index in [1.54, 1.807) is 19.1 Å². The Morgan fingerprint density at radius 1 is 1.07 bits per heavy atom. The molecule has 0 radical (unpaired) electrons. The Morgan fingerprint density at radius 3 is 2.29 bits per heavy atom. The summed E-state index contributed by atoms with van der Waals surface area (Å²) in [6.45, 7) is 6.86. The molecule has 150 valence electrons. The quantitative estimate of drug-likeness (QED) is 0.696. The Balaban J connectivity index is 1.88. The first kappa shape index (κ1) is 21.3. The second kappa shape index (κ2) is 9.82. The number of anilines is 1. The number of esters is 1. The molecule has 0 aliphatic carbocycles. The smallest absolute Gasteiger partial charge is 0.338 e. The lowest BCUT2D eigenvalue weighted by Gasteiger charge is -2.21. The Bertz CT molecular complexity index is 821. The Labute approximate surface area is 163 Å². The van der Waals surface area contributed by atoms with Crippen molar-refractivity contribution in [2.24, 2.45) is 0 Å². The van der Waals surface area contributed by atoms with Crippen LogP contribution in [0.4, 0.5) is 14.5 Å². The third-order valence-corrected chi connectivity index (χ3v) is 4.37. The zero-order valence-electron chi connectivity index (χ0n) is 16.2. The van der Waals surface area contributed by atoms with Crippen molar-refractivity contribution in [2.45, 2.75) is 26.8 Å². The average Bonchev–Trinajstić information content (AvgIpc) is 2.67. The maximum atomic E-state index is 13.7. The second-order valence-electron chi connectivity index (χ2n) is 6.25. The Hall–Kier alpha value is -2.96. The minimum atomic E-state index is -0.752. The third-order valence-electron chi connectivity index (χ3n) is 4.37. The van der Waals surface area contributed by atoms with Gasteiger partial charge in [-0.2, -0.15) is 0 Å². The van der Waals surface area contributed by atoms with Crippen LogP contribution in [0.1, 0.15) is 42.7 Å². The molecule has 0 fully saturated rings. The molecule has 0 aromatic heterocycles. The minimum Gasteiger partial charge on any atom is -0.452 e. The van der Waals surface area contributed by atoms with Crippen LogP contribution in [0.25, 0.3) is 0 Å². The van der Waals surface area contributed by atoms with Gasteiger partial charge in [0, 0.05) is 30.4 Å². The van der Waals surface area contributed by atoms with Gasteiger partial charge in [-0.15, -0.1) is 0 Å². The summed E-state index contributed by atoms with van der Waals surface area (Å²) in [5, 5.41) is 2.52. The molecule has 5 nitrogen and oxygen atoms in total. The molecular formula is C21H24F2N2O3. The van der Waals surface area contributed by atoms with Gasteiger partial charge in [-0.25, -0.2) is 13.6 Å². The van der Waals surface area contributed by atoms with Crippen LogP contribution in [0.15, 0.2) is 42.5 Å². The molecule has 0 aliphatic heterocycles. The molecule has 0 spiro atoms. The van der Waals surface area contributed by atoms with Crippen molar-refractivity contribution in [3.8, 4) is 0 Å². The lowest BCUT2D eigenvalue weighted by Crippen LogP contribution is -2.31. The molecule has 0 heterocycles. The van der Waals surface area contributed by atoms with Crippen LogP contribution in [0.3, 0.4) is 0 Å². The molecule has 1 unspecified atom stereocenters. The highest BCUT2D eigenvalue weighted by atomic mass is 19.1. The predicted molar refractivity (Wildman–Crippen MR) is 103 cm³/mol. The highest BCUT2D eigenvalue weighted by Crippen LogP contribution is 2.18. The first-order valence-electron chi connectivity index (χ1n) is 9.12. The van der Waals surface area contributed by atoms with Crippen molar-refractivity contribution in [2.75, 3.05) is 24.6 Å². The number of carbonyl (C=O) groups is 2. The number of ether oxygens (including phenoxy) is 1. The fraction of sp³-hybridized carbons (Fsp3) is 0.333. The molecule has 0 aliphatic rings. The number of carbonyl (C=O) groups excluding carboxylic acids is 2.